The molecule has 2 N–H and O–H groups in total. The van der Waals surface area contributed by atoms with Crippen molar-refractivity contribution in [3.05, 3.63) is 69.8 Å². The summed E-state index contributed by atoms with van der Waals surface area (Å²) in [6, 6.07) is 10.8. The fraction of sp³-hybridized carbons (Fsp3) is 0.235. The van der Waals surface area contributed by atoms with Crippen LogP contribution < -0.4 is 10.0 Å². The highest BCUT2D eigenvalue weighted by molar-refractivity contribution is 7.89. The fourth-order valence-corrected chi connectivity index (χ4v) is 3.52. The molecule has 1 atom stereocenters. The summed E-state index contributed by atoms with van der Waals surface area (Å²) >= 11 is 0. The molecule has 0 bridgehead atoms. The van der Waals surface area contributed by atoms with Gasteiger partial charge in [-0.25, -0.2) is 8.42 Å². The van der Waals surface area contributed by atoms with Gasteiger partial charge >= 0.3 is 0 Å². The van der Waals surface area contributed by atoms with Crippen LogP contribution in [0.5, 0.6) is 0 Å². The molecule has 0 aliphatic rings. The van der Waals surface area contributed by atoms with Crippen LogP contribution in [0.3, 0.4) is 0 Å². The van der Waals surface area contributed by atoms with Gasteiger partial charge in [-0.3, -0.25) is 14.9 Å². The Labute approximate surface area is 151 Å². The molecule has 2 rings (SSSR count). The zero-order valence-corrected chi connectivity index (χ0v) is 15.1. The molecule has 0 aliphatic heterocycles. The molecule has 0 saturated carbocycles. The summed E-state index contributed by atoms with van der Waals surface area (Å²) in [5, 5.41) is 13.1. The van der Waals surface area contributed by atoms with E-state index in [4.69, 9.17) is 0 Å². The van der Waals surface area contributed by atoms with Crippen LogP contribution in [0, 0.1) is 17.0 Å². The monoisotopic (exact) mass is 377 g/mol. The number of likely N-dealkylation sites (N-methyl/N-ethyl adjacent to an activating group) is 1. The fourth-order valence-electron chi connectivity index (χ4n) is 2.32. The highest BCUT2D eigenvalue weighted by Crippen LogP contribution is 2.15. The summed E-state index contributed by atoms with van der Waals surface area (Å²) in [7, 11) is -2.48. The molecule has 138 valence electrons. The number of hydrogen-bond donors (Lipinski definition) is 2. The molecule has 2 aromatic carbocycles. The van der Waals surface area contributed by atoms with E-state index in [9.17, 15) is 23.3 Å². The van der Waals surface area contributed by atoms with Gasteiger partial charge in [0.2, 0.25) is 15.9 Å². The summed E-state index contributed by atoms with van der Waals surface area (Å²) in [6.07, 6.45) is 0.0583. The lowest BCUT2D eigenvalue weighted by Crippen LogP contribution is -2.46. The van der Waals surface area contributed by atoms with Crippen molar-refractivity contribution in [2.75, 3.05) is 7.05 Å². The topological polar surface area (TPSA) is 118 Å². The largest absolute Gasteiger partial charge is 0.358 e. The first-order valence-corrected chi connectivity index (χ1v) is 9.25. The SMILES string of the molecule is CNC(=O)[C@H](Cc1ccc([N+](=O)[O-])cc1)NS(=O)(=O)c1ccc(C)cc1. The maximum Gasteiger partial charge on any atom is 0.269 e. The summed E-state index contributed by atoms with van der Waals surface area (Å²) < 4.78 is 27.4. The summed E-state index contributed by atoms with van der Waals surface area (Å²) in [4.78, 5) is 22.3. The molecule has 0 unspecified atom stereocenters. The zero-order valence-electron chi connectivity index (χ0n) is 14.3. The van der Waals surface area contributed by atoms with Crippen molar-refractivity contribution in [1.29, 1.82) is 0 Å². The van der Waals surface area contributed by atoms with Gasteiger partial charge in [0.15, 0.2) is 0 Å². The molecule has 0 saturated heterocycles. The van der Waals surface area contributed by atoms with E-state index in [-0.39, 0.29) is 17.0 Å². The zero-order chi connectivity index (χ0) is 19.3. The van der Waals surface area contributed by atoms with Crippen molar-refractivity contribution in [1.82, 2.24) is 10.0 Å². The Hall–Kier alpha value is -2.78. The first kappa shape index (κ1) is 19.5. The van der Waals surface area contributed by atoms with Crippen LogP contribution in [0.15, 0.2) is 53.4 Å². The highest BCUT2D eigenvalue weighted by Gasteiger charge is 2.25. The van der Waals surface area contributed by atoms with Crippen LogP contribution in [0.4, 0.5) is 5.69 Å². The van der Waals surface area contributed by atoms with E-state index < -0.39 is 26.9 Å². The molecule has 1 amide bonds. The van der Waals surface area contributed by atoms with E-state index in [0.29, 0.717) is 5.56 Å². The molecular formula is C17H19N3O5S. The Morgan fingerprint density at radius 1 is 1.12 bits per heavy atom. The lowest BCUT2D eigenvalue weighted by Gasteiger charge is -2.17. The summed E-state index contributed by atoms with van der Waals surface area (Å²) in [6.45, 7) is 1.84. The van der Waals surface area contributed by atoms with E-state index in [0.717, 1.165) is 5.56 Å². The first-order chi connectivity index (χ1) is 12.2. The molecule has 0 fully saturated rings. The minimum Gasteiger partial charge on any atom is -0.358 e. The van der Waals surface area contributed by atoms with Gasteiger partial charge < -0.3 is 5.32 Å². The summed E-state index contributed by atoms with van der Waals surface area (Å²) in [5.41, 5.74) is 1.43. The average Bonchev–Trinajstić information content (AvgIpc) is 2.61. The number of carbonyl (C=O) groups is 1. The Morgan fingerprint density at radius 3 is 2.19 bits per heavy atom. The third kappa shape index (κ3) is 4.87. The Morgan fingerprint density at radius 2 is 1.69 bits per heavy atom. The number of nitrogens with one attached hydrogen (secondary N) is 2. The summed E-state index contributed by atoms with van der Waals surface area (Å²) in [5.74, 6) is -0.501. The van der Waals surface area contributed by atoms with Crippen molar-refractivity contribution >= 4 is 21.6 Å². The van der Waals surface area contributed by atoms with Gasteiger partial charge in [-0.15, -0.1) is 0 Å². The van der Waals surface area contributed by atoms with Crippen LogP contribution >= 0.6 is 0 Å². The number of hydrogen-bond acceptors (Lipinski definition) is 5. The molecule has 2 aromatic rings. The molecule has 0 heterocycles. The van der Waals surface area contributed by atoms with E-state index in [2.05, 4.69) is 10.0 Å². The van der Waals surface area contributed by atoms with E-state index >= 15 is 0 Å². The van der Waals surface area contributed by atoms with Crippen molar-refractivity contribution in [3.8, 4) is 0 Å². The molecule has 9 heteroatoms. The van der Waals surface area contributed by atoms with Crippen LogP contribution in [0.1, 0.15) is 11.1 Å². The van der Waals surface area contributed by atoms with Gasteiger partial charge in [-0.05, 0) is 31.0 Å². The number of carbonyl (C=O) groups excluding carboxylic acids is 1. The lowest BCUT2D eigenvalue weighted by molar-refractivity contribution is -0.384. The molecule has 8 nitrogen and oxygen atoms in total. The molecule has 0 aromatic heterocycles. The van der Waals surface area contributed by atoms with Crippen LogP contribution in [0.2, 0.25) is 0 Å². The van der Waals surface area contributed by atoms with Crippen LogP contribution in [-0.2, 0) is 21.2 Å². The number of nitro groups is 1. The van der Waals surface area contributed by atoms with Crippen LogP contribution in [0.25, 0.3) is 0 Å². The van der Waals surface area contributed by atoms with E-state index in [1.807, 2.05) is 6.92 Å². The Kier molecular flexibility index (Phi) is 6.06. The standard InChI is InChI=1S/C17H19N3O5S/c1-12-3-9-15(10-4-12)26(24,25)19-16(17(21)18-2)11-13-5-7-14(8-6-13)20(22)23/h3-10,16,19H,11H2,1-2H3,(H,18,21)/t16-/m0/s1. The average molecular weight is 377 g/mol. The predicted molar refractivity (Wildman–Crippen MR) is 96.2 cm³/mol. The van der Waals surface area contributed by atoms with E-state index in [1.54, 1.807) is 12.1 Å². The number of non-ortho nitro benzene ring substituents is 1. The number of sulfonamides is 1. The third-order valence-electron chi connectivity index (χ3n) is 3.78. The normalized spacial score (nSPS) is 12.4. The van der Waals surface area contributed by atoms with Gasteiger partial charge in [0.25, 0.3) is 5.69 Å². The maximum atomic E-state index is 12.5. The van der Waals surface area contributed by atoms with Crippen molar-refractivity contribution in [3.63, 3.8) is 0 Å². The minimum atomic E-state index is -3.89. The quantitative estimate of drug-likeness (QED) is 0.560. The molecule has 26 heavy (non-hydrogen) atoms. The Bertz CT molecular complexity index is 893. The van der Waals surface area contributed by atoms with Crippen molar-refractivity contribution in [2.24, 2.45) is 0 Å². The highest BCUT2D eigenvalue weighted by atomic mass is 32.2. The van der Waals surface area contributed by atoms with Gasteiger partial charge in [0, 0.05) is 19.2 Å². The predicted octanol–water partition coefficient (Wildman–Crippen LogP) is 1.54. The number of nitrogens with zero attached hydrogens (tertiary/aromatic N) is 1. The number of aryl methyl sites for hydroxylation is 1. The molecular weight excluding hydrogens is 358 g/mol. The van der Waals surface area contributed by atoms with Gasteiger partial charge in [-0.2, -0.15) is 4.72 Å². The maximum absolute atomic E-state index is 12.5. The third-order valence-corrected chi connectivity index (χ3v) is 5.27. The second kappa shape index (κ2) is 8.07. The lowest BCUT2D eigenvalue weighted by atomic mass is 10.1. The number of amides is 1. The van der Waals surface area contributed by atoms with E-state index in [1.165, 1.54) is 43.4 Å². The number of rotatable bonds is 7. The minimum absolute atomic E-state index is 0.0562. The molecule has 0 radical (unpaired) electrons. The van der Waals surface area contributed by atoms with Crippen molar-refractivity contribution < 1.29 is 18.1 Å². The Balaban J connectivity index is 2.23. The van der Waals surface area contributed by atoms with Crippen molar-refractivity contribution in [2.45, 2.75) is 24.3 Å². The second-order valence-electron chi connectivity index (χ2n) is 5.73. The number of benzene rings is 2. The first-order valence-electron chi connectivity index (χ1n) is 7.77. The van der Waals surface area contributed by atoms with Gasteiger partial charge in [0.1, 0.15) is 6.04 Å². The van der Waals surface area contributed by atoms with Gasteiger partial charge in [-0.1, -0.05) is 29.8 Å². The number of nitro benzene ring substituents is 1. The molecule has 0 aliphatic carbocycles. The smallest absolute Gasteiger partial charge is 0.269 e. The van der Waals surface area contributed by atoms with Gasteiger partial charge in [0.05, 0.1) is 9.82 Å². The second-order valence-corrected chi connectivity index (χ2v) is 7.44. The van der Waals surface area contributed by atoms with Crippen LogP contribution in [-0.4, -0.2) is 32.3 Å². The molecule has 0 spiro atoms.